The largest absolute Gasteiger partial charge is 0.481 e. The molecule has 0 aliphatic rings. The minimum Gasteiger partial charge on any atom is -0.481 e. The highest BCUT2D eigenvalue weighted by Gasteiger charge is 2.21. The Morgan fingerprint density at radius 1 is 1.11 bits per heavy atom. The van der Waals surface area contributed by atoms with Crippen LogP contribution in [0.1, 0.15) is 29.9 Å². The van der Waals surface area contributed by atoms with Crippen LogP contribution in [0.15, 0.2) is 71.3 Å². The molecule has 0 aliphatic carbocycles. The van der Waals surface area contributed by atoms with Gasteiger partial charge in [0.1, 0.15) is 23.3 Å². The molecule has 2 N–H and O–H groups in total. The molecule has 1 unspecified atom stereocenters. The monoisotopic (exact) mass is 508 g/mol. The second-order valence-corrected chi connectivity index (χ2v) is 8.53. The van der Waals surface area contributed by atoms with Crippen LogP contribution < -0.4 is 5.32 Å². The molecular formula is C27H22ClFN2O5. The zero-order valence-electron chi connectivity index (χ0n) is 19.4. The van der Waals surface area contributed by atoms with Gasteiger partial charge in [-0.3, -0.25) is 10.1 Å². The van der Waals surface area contributed by atoms with E-state index in [-0.39, 0.29) is 17.8 Å². The van der Waals surface area contributed by atoms with Gasteiger partial charge in [-0.2, -0.15) is 0 Å². The molecule has 0 spiro atoms. The molecule has 1 aromatic heterocycles. The zero-order chi connectivity index (χ0) is 25.8. The molecule has 3 aromatic carbocycles. The lowest BCUT2D eigenvalue weighted by molar-refractivity contribution is -0.136. The van der Waals surface area contributed by atoms with E-state index >= 15 is 4.39 Å². The third kappa shape index (κ3) is 5.55. The van der Waals surface area contributed by atoms with Gasteiger partial charge in [0.2, 0.25) is 0 Å². The fraction of sp³-hybridized carbons (Fsp3) is 0.148. The van der Waals surface area contributed by atoms with Crippen LogP contribution in [0.4, 0.5) is 14.9 Å². The number of benzene rings is 3. The maximum atomic E-state index is 15.1. The van der Waals surface area contributed by atoms with E-state index in [1.54, 1.807) is 74.5 Å². The Balaban J connectivity index is 1.53. The summed E-state index contributed by atoms with van der Waals surface area (Å²) in [7, 11) is 0. The molecule has 0 saturated carbocycles. The van der Waals surface area contributed by atoms with Crippen molar-refractivity contribution < 1.29 is 28.3 Å². The number of hydrogen-bond acceptors (Lipinski definition) is 5. The minimum atomic E-state index is -0.937. The summed E-state index contributed by atoms with van der Waals surface area (Å²) in [5.41, 5.74) is 3.11. The maximum absolute atomic E-state index is 15.1. The Kier molecular flexibility index (Phi) is 7.36. The highest BCUT2D eigenvalue weighted by Crippen LogP contribution is 2.34. The van der Waals surface area contributed by atoms with E-state index in [1.807, 2.05) is 0 Å². The van der Waals surface area contributed by atoms with Crippen LogP contribution in [-0.2, 0) is 16.0 Å². The van der Waals surface area contributed by atoms with Gasteiger partial charge in [-0.1, -0.05) is 71.4 Å². The molecule has 0 bridgehead atoms. The summed E-state index contributed by atoms with van der Waals surface area (Å²) < 4.78 is 25.8. The van der Waals surface area contributed by atoms with Gasteiger partial charge in [0, 0.05) is 21.7 Å². The van der Waals surface area contributed by atoms with Crippen molar-refractivity contribution >= 4 is 29.4 Å². The first kappa shape index (κ1) is 24.9. The van der Waals surface area contributed by atoms with Crippen LogP contribution >= 0.6 is 11.6 Å². The number of carbonyl (C=O) groups is 2. The molecule has 1 heterocycles. The van der Waals surface area contributed by atoms with E-state index < -0.39 is 24.0 Å². The summed E-state index contributed by atoms with van der Waals surface area (Å²) in [5.74, 6) is -1.13. The predicted molar refractivity (Wildman–Crippen MR) is 133 cm³/mol. The summed E-state index contributed by atoms with van der Waals surface area (Å²) in [6, 6.07) is 18.2. The normalized spacial score (nSPS) is 11.7. The summed E-state index contributed by atoms with van der Waals surface area (Å²) >= 11 is 6.18. The number of anilines is 1. The van der Waals surface area contributed by atoms with E-state index in [1.165, 1.54) is 6.07 Å². The van der Waals surface area contributed by atoms with Gasteiger partial charge in [0.15, 0.2) is 5.76 Å². The topological polar surface area (TPSA) is 102 Å². The van der Waals surface area contributed by atoms with Crippen LogP contribution in [0.3, 0.4) is 0 Å². The number of nitrogens with one attached hydrogen (secondary N) is 1. The van der Waals surface area contributed by atoms with Crippen LogP contribution in [0.2, 0.25) is 5.02 Å². The molecule has 0 radical (unpaired) electrons. The third-order valence-corrected chi connectivity index (χ3v) is 5.92. The van der Waals surface area contributed by atoms with Gasteiger partial charge in [0.25, 0.3) is 0 Å². The first-order valence-corrected chi connectivity index (χ1v) is 11.4. The number of hydrogen-bond donors (Lipinski definition) is 2. The second-order valence-electron chi connectivity index (χ2n) is 8.12. The van der Waals surface area contributed by atoms with Crippen molar-refractivity contribution in [2.75, 3.05) is 5.32 Å². The highest BCUT2D eigenvalue weighted by atomic mass is 35.5. The van der Waals surface area contributed by atoms with Crippen LogP contribution in [0.5, 0.6) is 0 Å². The molecule has 0 fully saturated rings. The number of carbonyl (C=O) groups excluding carboxylic acids is 1. The molecule has 0 aliphatic heterocycles. The van der Waals surface area contributed by atoms with Crippen LogP contribution in [0, 0.1) is 12.7 Å². The van der Waals surface area contributed by atoms with E-state index in [9.17, 15) is 9.59 Å². The number of nitrogens with zero attached hydrogens (tertiary/aromatic N) is 1. The minimum absolute atomic E-state index is 0.109. The Labute approximate surface area is 211 Å². The van der Waals surface area contributed by atoms with Gasteiger partial charge in [-0.15, -0.1) is 0 Å². The number of amides is 1. The van der Waals surface area contributed by atoms with Gasteiger partial charge in [0.05, 0.1) is 6.42 Å². The fourth-order valence-electron chi connectivity index (χ4n) is 3.75. The number of aliphatic carboxylic acids is 1. The average molecular weight is 509 g/mol. The summed E-state index contributed by atoms with van der Waals surface area (Å²) in [5, 5.41) is 16.0. The van der Waals surface area contributed by atoms with Crippen LogP contribution in [-0.4, -0.2) is 22.3 Å². The lowest BCUT2D eigenvalue weighted by Crippen LogP contribution is -2.17. The van der Waals surface area contributed by atoms with Gasteiger partial charge in [-0.25, -0.2) is 9.18 Å². The molecule has 36 heavy (non-hydrogen) atoms. The van der Waals surface area contributed by atoms with Gasteiger partial charge >= 0.3 is 12.1 Å². The summed E-state index contributed by atoms with van der Waals surface area (Å²) in [6.45, 7) is 3.32. The average Bonchev–Trinajstić information content (AvgIpc) is 3.19. The van der Waals surface area contributed by atoms with Gasteiger partial charge < -0.3 is 14.4 Å². The number of ether oxygens (including phenoxy) is 1. The smallest absolute Gasteiger partial charge is 0.412 e. The number of aryl methyl sites for hydroxylation is 1. The standard InChI is InChI=1S/C27H22ClFN2O5/c1-15(20-5-3-4-6-22(20)28)35-27(34)30-25-16(2)36-31-26(25)19-11-12-21(23(29)14-19)18-9-7-17(8-10-18)13-24(32)33/h3-12,14-15H,13H2,1-2H3,(H,30,34)(H,32,33). The van der Waals surface area contributed by atoms with Crippen molar-refractivity contribution in [1.82, 2.24) is 5.16 Å². The van der Waals surface area contributed by atoms with E-state index in [0.29, 0.717) is 38.6 Å². The van der Waals surface area contributed by atoms with Crippen molar-refractivity contribution in [3.63, 3.8) is 0 Å². The van der Waals surface area contributed by atoms with E-state index in [4.69, 9.17) is 26.0 Å². The summed E-state index contributed by atoms with van der Waals surface area (Å²) in [4.78, 5) is 23.4. The maximum Gasteiger partial charge on any atom is 0.412 e. The van der Waals surface area contributed by atoms with Crippen LogP contribution in [0.25, 0.3) is 22.4 Å². The zero-order valence-corrected chi connectivity index (χ0v) is 20.2. The van der Waals surface area contributed by atoms with E-state index in [0.717, 1.165) is 0 Å². The highest BCUT2D eigenvalue weighted by molar-refractivity contribution is 6.31. The Bertz CT molecular complexity index is 1420. The van der Waals surface area contributed by atoms with Crippen molar-refractivity contribution in [3.05, 3.63) is 94.5 Å². The number of rotatable bonds is 7. The molecule has 0 saturated heterocycles. The first-order chi connectivity index (χ1) is 17.2. The molecule has 1 atom stereocenters. The number of carboxylic acid groups (broad SMARTS) is 1. The molecule has 1 amide bonds. The third-order valence-electron chi connectivity index (χ3n) is 5.58. The van der Waals surface area contributed by atoms with Crippen molar-refractivity contribution in [2.45, 2.75) is 26.4 Å². The predicted octanol–water partition coefficient (Wildman–Crippen LogP) is 7.05. The molecular weight excluding hydrogens is 487 g/mol. The summed E-state index contributed by atoms with van der Waals surface area (Å²) in [6.07, 6.45) is -1.46. The second kappa shape index (κ2) is 10.6. The van der Waals surface area contributed by atoms with Crippen molar-refractivity contribution in [1.29, 1.82) is 0 Å². The molecule has 4 aromatic rings. The van der Waals surface area contributed by atoms with Crippen molar-refractivity contribution in [2.24, 2.45) is 0 Å². The van der Waals surface area contributed by atoms with E-state index in [2.05, 4.69) is 10.5 Å². The Hall–Kier alpha value is -4.17. The molecule has 184 valence electrons. The molecule has 9 heteroatoms. The Morgan fingerprint density at radius 3 is 2.47 bits per heavy atom. The molecule has 4 rings (SSSR count). The SMILES string of the molecule is Cc1onc(-c2ccc(-c3ccc(CC(=O)O)cc3)c(F)c2)c1NC(=O)OC(C)c1ccccc1Cl. The Morgan fingerprint density at radius 2 is 1.81 bits per heavy atom. The first-order valence-electron chi connectivity index (χ1n) is 11.0. The number of halogens is 2. The number of carboxylic acids is 1. The quantitative estimate of drug-likeness (QED) is 0.277. The van der Waals surface area contributed by atoms with Crippen molar-refractivity contribution in [3.8, 4) is 22.4 Å². The lowest BCUT2D eigenvalue weighted by Gasteiger charge is -2.15. The fourth-order valence-corrected chi connectivity index (χ4v) is 4.04. The molecule has 7 nitrogen and oxygen atoms in total. The lowest BCUT2D eigenvalue weighted by atomic mass is 10.00. The number of aromatic nitrogens is 1. The van der Waals surface area contributed by atoms with Gasteiger partial charge in [-0.05, 0) is 37.1 Å².